The molecule has 0 saturated carbocycles. The number of phenols is 1. The first-order chi connectivity index (χ1) is 12.4. The number of rotatable bonds is 10. The van der Waals surface area contributed by atoms with Crippen molar-refractivity contribution in [2.45, 2.75) is 56.8 Å². The lowest BCUT2D eigenvalue weighted by Crippen LogP contribution is -2.01. The Hall–Kier alpha value is -2.05. The number of hydrogen-bond donors (Lipinski definition) is 2. The normalized spacial score (nSPS) is 11.5. The third-order valence-corrected chi connectivity index (χ3v) is 5.06. The molecule has 2 aromatic rings. The Bertz CT molecular complexity index is 815. The lowest BCUT2D eigenvalue weighted by molar-refractivity contribution is 0.408. The summed E-state index contributed by atoms with van der Waals surface area (Å²) in [7, 11) is -4.27. The average molecular weight is 378 g/mol. The van der Waals surface area contributed by atoms with Gasteiger partial charge in [0, 0.05) is 0 Å². The van der Waals surface area contributed by atoms with Gasteiger partial charge in [0.25, 0.3) is 10.1 Å². The molecule has 0 aliphatic rings. The summed E-state index contributed by atoms with van der Waals surface area (Å²) in [5, 5.41) is 9.88. The summed E-state index contributed by atoms with van der Waals surface area (Å²) >= 11 is 0. The molecule has 0 aromatic heterocycles. The van der Waals surface area contributed by atoms with Gasteiger partial charge in [-0.05, 0) is 48.7 Å². The minimum Gasteiger partial charge on any atom is -0.504 e. The van der Waals surface area contributed by atoms with E-state index in [1.54, 1.807) is 18.2 Å². The SMILES string of the molecule is CCCCCCCCc1cc(S(=O)(=O)O)ccc1Oc1ccccc1O. The molecule has 2 aromatic carbocycles. The monoisotopic (exact) mass is 378 g/mol. The average Bonchev–Trinajstić information content (AvgIpc) is 2.60. The summed E-state index contributed by atoms with van der Waals surface area (Å²) in [6.45, 7) is 2.17. The highest BCUT2D eigenvalue weighted by Crippen LogP contribution is 2.33. The van der Waals surface area contributed by atoms with E-state index in [-0.39, 0.29) is 10.6 Å². The zero-order valence-corrected chi connectivity index (χ0v) is 15.8. The van der Waals surface area contributed by atoms with E-state index in [4.69, 9.17) is 4.74 Å². The molecule has 0 atom stereocenters. The molecule has 0 saturated heterocycles. The van der Waals surface area contributed by atoms with Gasteiger partial charge in [-0.3, -0.25) is 4.55 Å². The maximum Gasteiger partial charge on any atom is 0.294 e. The third kappa shape index (κ3) is 6.04. The summed E-state index contributed by atoms with van der Waals surface area (Å²) in [5.74, 6) is 0.792. The van der Waals surface area contributed by atoms with Gasteiger partial charge >= 0.3 is 0 Å². The second-order valence-electron chi connectivity index (χ2n) is 6.33. The Morgan fingerprint density at radius 3 is 2.31 bits per heavy atom. The molecular formula is C20H26O5S. The van der Waals surface area contributed by atoms with Gasteiger partial charge in [-0.1, -0.05) is 51.2 Å². The second kappa shape index (κ2) is 9.59. The Morgan fingerprint density at radius 2 is 1.62 bits per heavy atom. The number of hydrogen-bond acceptors (Lipinski definition) is 4. The highest BCUT2D eigenvalue weighted by Gasteiger charge is 2.15. The van der Waals surface area contributed by atoms with Crippen LogP contribution < -0.4 is 4.74 Å². The minimum absolute atomic E-state index is 0.0110. The third-order valence-electron chi connectivity index (χ3n) is 4.21. The van der Waals surface area contributed by atoms with Crippen molar-refractivity contribution in [2.75, 3.05) is 0 Å². The molecule has 0 amide bonds. The first-order valence-corrected chi connectivity index (χ1v) is 10.4. The number of aryl methyl sites for hydroxylation is 1. The quantitative estimate of drug-likeness (QED) is 0.431. The smallest absolute Gasteiger partial charge is 0.294 e. The van der Waals surface area contributed by atoms with Crippen molar-refractivity contribution in [3.05, 3.63) is 48.0 Å². The van der Waals surface area contributed by atoms with Crippen LogP contribution in [0.15, 0.2) is 47.4 Å². The molecule has 0 aliphatic carbocycles. The lowest BCUT2D eigenvalue weighted by atomic mass is 10.0. The van der Waals surface area contributed by atoms with Gasteiger partial charge in [-0.15, -0.1) is 0 Å². The Kier molecular flexibility index (Phi) is 7.48. The highest BCUT2D eigenvalue weighted by atomic mass is 32.2. The number of benzene rings is 2. The van der Waals surface area contributed by atoms with Crippen LogP contribution >= 0.6 is 0 Å². The van der Waals surface area contributed by atoms with E-state index in [1.165, 1.54) is 43.5 Å². The molecule has 26 heavy (non-hydrogen) atoms. The zero-order chi connectivity index (χ0) is 19.0. The zero-order valence-electron chi connectivity index (χ0n) is 15.0. The van der Waals surface area contributed by atoms with Crippen molar-refractivity contribution in [3.63, 3.8) is 0 Å². The van der Waals surface area contributed by atoms with Crippen LogP contribution in [0.1, 0.15) is 51.0 Å². The van der Waals surface area contributed by atoms with E-state index in [0.717, 1.165) is 19.3 Å². The van der Waals surface area contributed by atoms with Gasteiger partial charge in [0.15, 0.2) is 11.5 Å². The van der Waals surface area contributed by atoms with E-state index in [2.05, 4.69) is 6.92 Å². The van der Waals surface area contributed by atoms with E-state index in [0.29, 0.717) is 23.5 Å². The molecule has 0 heterocycles. The molecule has 142 valence electrons. The fourth-order valence-corrected chi connectivity index (χ4v) is 3.30. The highest BCUT2D eigenvalue weighted by molar-refractivity contribution is 7.85. The molecule has 0 spiro atoms. The van der Waals surface area contributed by atoms with E-state index < -0.39 is 10.1 Å². The van der Waals surface area contributed by atoms with Crippen LogP contribution in [0.5, 0.6) is 17.2 Å². The number of unbranched alkanes of at least 4 members (excludes halogenated alkanes) is 5. The van der Waals surface area contributed by atoms with Crippen molar-refractivity contribution in [1.82, 2.24) is 0 Å². The predicted octanol–water partition coefficient (Wildman–Crippen LogP) is 5.33. The first-order valence-electron chi connectivity index (χ1n) is 8.98. The Balaban J connectivity index is 2.16. The molecule has 5 nitrogen and oxygen atoms in total. The molecule has 6 heteroatoms. The molecule has 0 aliphatic heterocycles. The maximum absolute atomic E-state index is 11.4. The van der Waals surface area contributed by atoms with Crippen LogP contribution in [-0.2, 0) is 16.5 Å². The van der Waals surface area contributed by atoms with Crippen LogP contribution in [0.4, 0.5) is 0 Å². The van der Waals surface area contributed by atoms with Crippen molar-refractivity contribution >= 4 is 10.1 Å². The van der Waals surface area contributed by atoms with Gasteiger partial charge in [0.05, 0.1) is 4.90 Å². The molecule has 0 radical (unpaired) electrons. The summed E-state index contributed by atoms with van der Waals surface area (Å²) in [5.41, 5.74) is 0.693. The molecule has 0 fully saturated rings. The predicted molar refractivity (Wildman–Crippen MR) is 102 cm³/mol. The maximum atomic E-state index is 11.4. The second-order valence-corrected chi connectivity index (χ2v) is 7.75. The van der Waals surface area contributed by atoms with Gasteiger partial charge < -0.3 is 9.84 Å². The van der Waals surface area contributed by atoms with E-state index in [9.17, 15) is 18.1 Å². The number of phenolic OH excluding ortho intramolecular Hbond substituents is 1. The van der Waals surface area contributed by atoms with Crippen LogP contribution in [0.3, 0.4) is 0 Å². The van der Waals surface area contributed by atoms with Gasteiger partial charge in [0.1, 0.15) is 5.75 Å². The fraction of sp³-hybridized carbons (Fsp3) is 0.400. The van der Waals surface area contributed by atoms with Crippen molar-refractivity contribution in [1.29, 1.82) is 0 Å². The summed E-state index contributed by atoms with van der Waals surface area (Å²) in [6, 6.07) is 10.9. The molecule has 2 N–H and O–H groups in total. The Morgan fingerprint density at radius 1 is 0.923 bits per heavy atom. The first kappa shape index (κ1) is 20.3. The topological polar surface area (TPSA) is 83.8 Å². The molecule has 2 rings (SSSR count). The summed E-state index contributed by atoms with van der Waals surface area (Å²) in [6.07, 6.45) is 7.33. The van der Waals surface area contributed by atoms with E-state index in [1.807, 2.05) is 0 Å². The summed E-state index contributed by atoms with van der Waals surface area (Å²) in [4.78, 5) is -0.150. The van der Waals surface area contributed by atoms with Crippen molar-refractivity contribution in [3.8, 4) is 17.2 Å². The van der Waals surface area contributed by atoms with Crippen LogP contribution in [-0.4, -0.2) is 18.1 Å². The Labute approximate surface area is 155 Å². The molecule has 0 unspecified atom stereocenters. The van der Waals surface area contributed by atoms with Gasteiger partial charge in [-0.2, -0.15) is 8.42 Å². The van der Waals surface area contributed by atoms with Crippen LogP contribution in [0.2, 0.25) is 0 Å². The molecule has 0 bridgehead atoms. The number of aromatic hydroxyl groups is 1. The fourth-order valence-electron chi connectivity index (χ4n) is 2.77. The number of para-hydroxylation sites is 2. The van der Waals surface area contributed by atoms with Crippen molar-refractivity contribution < 1.29 is 22.8 Å². The van der Waals surface area contributed by atoms with Gasteiger partial charge in [-0.25, -0.2) is 0 Å². The largest absolute Gasteiger partial charge is 0.504 e. The lowest BCUT2D eigenvalue weighted by Gasteiger charge is -2.13. The van der Waals surface area contributed by atoms with Crippen LogP contribution in [0, 0.1) is 0 Å². The minimum atomic E-state index is -4.27. The molecular weight excluding hydrogens is 352 g/mol. The van der Waals surface area contributed by atoms with Crippen molar-refractivity contribution in [2.24, 2.45) is 0 Å². The summed E-state index contributed by atoms with van der Waals surface area (Å²) < 4.78 is 37.9. The van der Waals surface area contributed by atoms with Gasteiger partial charge in [0.2, 0.25) is 0 Å². The van der Waals surface area contributed by atoms with E-state index >= 15 is 0 Å². The number of ether oxygens (including phenoxy) is 1. The van der Waals surface area contributed by atoms with Crippen LogP contribution in [0.25, 0.3) is 0 Å². The standard InChI is InChI=1S/C20H26O5S/c1-2-3-4-5-6-7-10-16-15-17(26(22,23)24)13-14-19(16)25-20-12-9-8-11-18(20)21/h8-9,11-15,21H,2-7,10H2,1H3,(H,22,23,24).